The summed E-state index contributed by atoms with van der Waals surface area (Å²) in [5.41, 5.74) is -0.840. The minimum atomic E-state index is -5.40. The summed E-state index contributed by atoms with van der Waals surface area (Å²) in [6.07, 6.45) is -4.67. The zero-order chi connectivity index (χ0) is 13.3. The summed E-state index contributed by atoms with van der Waals surface area (Å²) >= 11 is 0. The van der Waals surface area contributed by atoms with Gasteiger partial charge in [-0.2, -0.15) is 13.2 Å². The molecule has 0 atom stereocenters. The summed E-state index contributed by atoms with van der Waals surface area (Å²) in [5, 5.41) is 0. The van der Waals surface area contributed by atoms with E-state index in [9.17, 15) is 26.1 Å². The first kappa shape index (κ1) is 18.3. The van der Waals surface area contributed by atoms with Gasteiger partial charge in [0.15, 0.2) is 6.61 Å². The average molecular weight is 296 g/mol. The summed E-state index contributed by atoms with van der Waals surface area (Å²) in [5.74, 6) is -0.791. The van der Waals surface area contributed by atoms with Crippen LogP contribution in [0.15, 0.2) is 18.2 Å². The summed E-state index contributed by atoms with van der Waals surface area (Å²) in [4.78, 5) is 0. The Morgan fingerprint density at radius 1 is 1.17 bits per heavy atom. The van der Waals surface area contributed by atoms with E-state index in [2.05, 4.69) is 4.74 Å². The third-order valence-electron chi connectivity index (χ3n) is 1.91. The van der Waals surface area contributed by atoms with Crippen LogP contribution in [0.25, 0.3) is 0 Å². The van der Waals surface area contributed by atoms with Gasteiger partial charge in [0.25, 0.3) is 0 Å². The molecule has 0 unspecified atom stereocenters. The molecule has 0 saturated heterocycles. The first-order valence-electron chi connectivity index (χ1n) is 4.59. The van der Waals surface area contributed by atoms with Crippen LogP contribution in [0.2, 0.25) is 0 Å². The second kappa shape index (κ2) is 6.65. The molecule has 1 aromatic carbocycles. The van der Waals surface area contributed by atoms with Gasteiger partial charge >= 0.3 is 64.5 Å². The molecule has 0 aliphatic heterocycles. The molecule has 0 radical (unpaired) electrons. The van der Waals surface area contributed by atoms with Crippen molar-refractivity contribution < 1.29 is 82.2 Å². The van der Waals surface area contributed by atoms with Gasteiger partial charge in [0.05, 0.1) is 5.75 Å². The number of hydrogen-bond acceptors (Lipinski definition) is 1. The minimum absolute atomic E-state index is 0. The van der Waals surface area contributed by atoms with Crippen LogP contribution in [-0.2, 0) is 0 Å². The molecule has 9 heteroatoms. The van der Waals surface area contributed by atoms with Crippen LogP contribution in [0.3, 0.4) is 0 Å². The van der Waals surface area contributed by atoms with Crippen LogP contribution in [0.5, 0.6) is 5.75 Å². The molecule has 1 rings (SSSR count). The Labute approximate surface area is 142 Å². The molecule has 0 spiro atoms. The first-order chi connectivity index (χ1) is 7.59. The number of halogens is 6. The van der Waals surface area contributed by atoms with Crippen molar-refractivity contribution in [1.82, 2.24) is 0 Å². The summed E-state index contributed by atoms with van der Waals surface area (Å²) in [6.45, 7) is -5.72. The average Bonchev–Trinajstić information content (AvgIpc) is 2.13. The third kappa shape index (κ3) is 5.96. The van der Waals surface area contributed by atoms with Gasteiger partial charge in [-0.25, -0.2) is 0 Å². The number of ether oxygens (including phenoxy) is 1. The van der Waals surface area contributed by atoms with Crippen molar-refractivity contribution >= 4 is 12.4 Å². The smallest absolute Gasteiger partial charge is 0.487 e. The van der Waals surface area contributed by atoms with Crippen LogP contribution in [0.1, 0.15) is 5.56 Å². The fraction of sp³-hybridized carbons (Fsp3) is 0.333. The number of aryl methyl sites for hydroxylation is 1. The van der Waals surface area contributed by atoms with Crippen LogP contribution >= 0.6 is 0 Å². The molecular formula is C9H8BF6KO. The predicted molar refractivity (Wildman–Crippen MR) is 51.4 cm³/mol. The van der Waals surface area contributed by atoms with Crippen molar-refractivity contribution in [2.45, 2.75) is 13.1 Å². The molecule has 0 aliphatic rings. The minimum Gasteiger partial charge on any atom is -0.487 e. The van der Waals surface area contributed by atoms with Gasteiger partial charge in [-0.05, 0) is 13.0 Å². The Morgan fingerprint density at radius 3 is 2.17 bits per heavy atom. The monoisotopic (exact) mass is 296 g/mol. The quantitative estimate of drug-likeness (QED) is 0.563. The number of hydrogen-bond donors (Lipinski definition) is 0. The van der Waals surface area contributed by atoms with Crippen molar-refractivity contribution in [1.29, 1.82) is 0 Å². The summed E-state index contributed by atoms with van der Waals surface area (Å²) in [6, 6.07) is 2.92. The fourth-order valence-electron chi connectivity index (χ4n) is 1.21. The molecule has 0 aliphatic carbocycles. The van der Waals surface area contributed by atoms with E-state index in [-0.39, 0.29) is 51.4 Å². The fourth-order valence-corrected chi connectivity index (χ4v) is 1.21. The standard InChI is InChI=1S/C9H8BF6O.K/c1-6-2-3-8(17-5-9(11,12)13)7(4-6)10(14,15)16;/h2-4H,5H2,1H3;/q-1;+1. The van der Waals surface area contributed by atoms with E-state index < -0.39 is 31.0 Å². The molecule has 0 saturated carbocycles. The van der Waals surface area contributed by atoms with E-state index in [1.165, 1.54) is 13.0 Å². The molecule has 1 nitrogen and oxygen atoms in total. The van der Waals surface area contributed by atoms with Crippen LogP contribution < -0.4 is 61.6 Å². The number of rotatable bonds is 3. The molecule has 0 fully saturated rings. The van der Waals surface area contributed by atoms with Gasteiger partial charge in [-0.3, -0.25) is 0 Å². The summed E-state index contributed by atoms with van der Waals surface area (Å²) < 4.78 is 77.3. The maximum absolute atomic E-state index is 12.5. The van der Waals surface area contributed by atoms with Gasteiger partial charge < -0.3 is 17.7 Å². The third-order valence-corrected chi connectivity index (χ3v) is 1.91. The Kier molecular flexibility index (Phi) is 6.76. The van der Waals surface area contributed by atoms with E-state index in [1.807, 2.05) is 0 Å². The number of alkyl halides is 3. The molecule has 0 aromatic heterocycles. The second-order valence-electron chi connectivity index (χ2n) is 3.52. The molecule has 0 amide bonds. The molecule has 18 heavy (non-hydrogen) atoms. The van der Waals surface area contributed by atoms with Gasteiger partial charge in [0.1, 0.15) is 0 Å². The Bertz CT molecular complexity index is 403. The van der Waals surface area contributed by atoms with Crippen molar-refractivity contribution in [3.63, 3.8) is 0 Å². The van der Waals surface area contributed by atoms with E-state index in [0.29, 0.717) is 5.56 Å². The van der Waals surface area contributed by atoms with Gasteiger partial charge in [-0.1, -0.05) is 23.2 Å². The molecule has 0 bridgehead atoms. The zero-order valence-corrected chi connectivity index (χ0v) is 12.8. The number of benzene rings is 1. The normalized spacial score (nSPS) is 11.9. The summed E-state index contributed by atoms with van der Waals surface area (Å²) in [7, 11) is 0. The SMILES string of the molecule is Cc1ccc(OCC(F)(F)F)c([B-](F)(F)F)c1.[K+]. The van der Waals surface area contributed by atoms with E-state index in [1.54, 1.807) is 0 Å². The molecule has 1 aromatic rings. The molecular weight excluding hydrogens is 288 g/mol. The topological polar surface area (TPSA) is 9.23 Å². The van der Waals surface area contributed by atoms with Crippen LogP contribution in [0.4, 0.5) is 26.1 Å². The zero-order valence-electron chi connectivity index (χ0n) is 9.69. The maximum Gasteiger partial charge on any atom is 1.00 e. The van der Waals surface area contributed by atoms with Crippen LogP contribution in [0, 0.1) is 6.92 Å². The van der Waals surface area contributed by atoms with Gasteiger partial charge in [-0.15, -0.1) is 0 Å². The van der Waals surface area contributed by atoms with Crippen LogP contribution in [-0.4, -0.2) is 19.8 Å². The predicted octanol–water partition coefficient (Wildman–Crippen LogP) is -0.00548. The van der Waals surface area contributed by atoms with Gasteiger partial charge in [0.2, 0.25) is 0 Å². The molecule has 0 heterocycles. The Hall–Kier alpha value is 0.301. The van der Waals surface area contributed by atoms with Gasteiger partial charge in [0, 0.05) is 0 Å². The second-order valence-corrected chi connectivity index (χ2v) is 3.52. The Morgan fingerprint density at radius 2 is 1.72 bits per heavy atom. The van der Waals surface area contributed by atoms with Crippen molar-refractivity contribution in [2.24, 2.45) is 0 Å². The largest absolute Gasteiger partial charge is 1.00 e. The molecule has 0 N–H and O–H groups in total. The molecule has 96 valence electrons. The van der Waals surface area contributed by atoms with E-state index >= 15 is 0 Å². The first-order valence-corrected chi connectivity index (χ1v) is 4.59. The van der Waals surface area contributed by atoms with Crippen molar-refractivity contribution in [3.8, 4) is 5.75 Å². The van der Waals surface area contributed by atoms with Crippen molar-refractivity contribution in [3.05, 3.63) is 23.8 Å². The Balaban J connectivity index is 0.00000289. The van der Waals surface area contributed by atoms with E-state index in [0.717, 1.165) is 12.1 Å². The maximum atomic E-state index is 12.5. The van der Waals surface area contributed by atoms with E-state index in [4.69, 9.17) is 0 Å². The van der Waals surface area contributed by atoms with Crippen molar-refractivity contribution in [2.75, 3.05) is 6.61 Å².